The van der Waals surface area contributed by atoms with Gasteiger partial charge in [-0.2, -0.15) is 0 Å². The molecule has 10 nitrogen and oxygen atoms in total. The highest BCUT2D eigenvalue weighted by molar-refractivity contribution is 7.90. The van der Waals surface area contributed by atoms with Gasteiger partial charge in [0.2, 0.25) is 0 Å². The normalized spacial score (nSPS) is 14.6. The Morgan fingerprint density at radius 3 is 2.49 bits per heavy atom. The van der Waals surface area contributed by atoms with Gasteiger partial charge >= 0.3 is 6.09 Å². The molecule has 1 aromatic heterocycles. The second kappa shape index (κ2) is 11.8. The van der Waals surface area contributed by atoms with Gasteiger partial charge in [0.05, 0.1) is 22.3 Å². The number of hydrogen-bond donors (Lipinski definition) is 2. The van der Waals surface area contributed by atoms with E-state index in [1.165, 1.54) is 18.5 Å². The van der Waals surface area contributed by atoms with Crippen LogP contribution >= 0.6 is 0 Å². The van der Waals surface area contributed by atoms with Crippen molar-refractivity contribution in [2.45, 2.75) is 57.6 Å². The first kappa shape index (κ1) is 28.3. The predicted molar refractivity (Wildman–Crippen MR) is 141 cm³/mol. The molecule has 1 amide bonds. The van der Waals surface area contributed by atoms with Crippen LogP contribution in [0.25, 0.3) is 0 Å². The molecule has 1 aliphatic rings. The zero-order chi connectivity index (χ0) is 27.3. The van der Waals surface area contributed by atoms with E-state index in [9.17, 15) is 17.6 Å². The van der Waals surface area contributed by atoms with Crippen LogP contribution in [0.2, 0.25) is 0 Å². The molecule has 1 aliphatic heterocycles. The lowest BCUT2D eigenvalue weighted by Crippen LogP contribution is -2.44. The lowest BCUT2D eigenvalue weighted by atomic mass is 9.95. The minimum Gasteiger partial charge on any atom is -0.447 e. The molecular weight excluding hydrogens is 499 g/mol. The average Bonchev–Trinajstić information content (AvgIpc) is 2.82. The first-order valence-corrected chi connectivity index (χ1v) is 14.1. The summed E-state index contributed by atoms with van der Waals surface area (Å²) in [6, 6.07) is 3.65. The largest absolute Gasteiger partial charge is 0.447 e. The van der Waals surface area contributed by atoms with E-state index in [0.717, 1.165) is 31.4 Å². The molecule has 2 N–H and O–H groups in total. The van der Waals surface area contributed by atoms with Gasteiger partial charge in [-0.25, -0.2) is 27.6 Å². The summed E-state index contributed by atoms with van der Waals surface area (Å²) in [7, 11) is -3.55. The molecule has 0 radical (unpaired) electrons. The number of carbonyl (C=O) groups excluding carboxylic acids is 1. The molecule has 37 heavy (non-hydrogen) atoms. The SMILES string of the molecule is CC(C)OC(=O)N1CCC(CN(c2ncnc(Nc3ccc(S(C)(=O)=O)cc3F)c2C=N)C(C)C)CC1. The number of rotatable bonds is 9. The maximum Gasteiger partial charge on any atom is 0.410 e. The number of hydrogen-bond acceptors (Lipinski definition) is 9. The summed E-state index contributed by atoms with van der Waals surface area (Å²) in [6.07, 6.45) is 4.67. The highest BCUT2D eigenvalue weighted by atomic mass is 32.2. The third-order valence-electron chi connectivity index (χ3n) is 6.19. The number of aromatic nitrogens is 2. The molecule has 0 atom stereocenters. The first-order chi connectivity index (χ1) is 17.4. The van der Waals surface area contributed by atoms with E-state index in [1.54, 1.807) is 4.90 Å². The first-order valence-electron chi connectivity index (χ1n) is 12.2. The molecule has 1 aromatic carbocycles. The standard InChI is InChI=1S/C25H35FN6O4S/c1-16(2)32(14-18-8-10-31(11-9-18)25(33)36-17(3)4)24-20(13-27)23(28-15-29-24)30-22-7-6-19(12-21(22)26)37(5,34)35/h6-7,12-13,15-18,27H,8-11,14H2,1-5H3,(H,28,29,30). The fraction of sp³-hybridized carbons (Fsp3) is 0.520. The summed E-state index contributed by atoms with van der Waals surface area (Å²) < 4.78 is 43.4. The van der Waals surface area contributed by atoms with Gasteiger partial charge in [-0.15, -0.1) is 0 Å². The van der Waals surface area contributed by atoms with Gasteiger partial charge in [-0.05, 0) is 64.7 Å². The van der Waals surface area contributed by atoms with Crippen molar-refractivity contribution in [3.8, 4) is 0 Å². The van der Waals surface area contributed by atoms with Crippen LogP contribution in [-0.2, 0) is 14.6 Å². The maximum atomic E-state index is 14.7. The Balaban J connectivity index is 1.79. The van der Waals surface area contributed by atoms with Gasteiger partial charge in [0, 0.05) is 38.1 Å². The molecule has 0 unspecified atom stereocenters. The highest BCUT2D eigenvalue weighted by Crippen LogP contribution is 2.30. The van der Waals surface area contributed by atoms with E-state index >= 15 is 0 Å². The van der Waals surface area contributed by atoms with Crippen molar-refractivity contribution in [3.63, 3.8) is 0 Å². The van der Waals surface area contributed by atoms with Crippen LogP contribution in [0.1, 0.15) is 46.1 Å². The Labute approximate surface area is 217 Å². The number of anilines is 3. The highest BCUT2D eigenvalue weighted by Gasteiger charge is 2.28. The van der Waals surface area contributed by atoms with Crippen molar-refractivity contribution in [3.05, 3.63) is 35.9 Å². The average molecular weight is 535 g/mol. The Morgan fingerprint density at radius 2 is 1.95 bits per heavy atom. The number of ether oxygens (including phenoxy) is 1. The molecule has 1 fully saturated rings. The number of nitrogens with zero attached hydrogens (tertiary/aromatic N) is 4. The summed E-state index contributed by atoms with van der Waals surface area (Å²) in [6.45, 7) is 9.60. The van der Waals surface area contributed by atoms with E-state index in [1.807, 2.05) is 27.7 Å². The number of amides is 1. The van der Waals surface area contributed by atoms with Crippen molar-refractivity contribution in [2.24, 2.45) is 5.92 Å². The number of likely N-dealkylation sites (tertiary alicyclic amines) is 1. The molecule has 12 heteroatoms. The van der Waals surface area contributed by atoms with Crippen LogP contribution in [0.15, 0.2) is 29.4 Å². The lowest BCUT2D eigenvalue weighted by molar-refractivity contribution is 0.0656. The number of nitrogens with one attached hydrogen (secondary N) is 2. The van der Waals surface area contributed by atoms with Crippen molar-refractivity contribution >= 4 is 39.5 Å². The monoisotopic (exact) mass is 534 g/mol. The van der Waals surface area contributed by atoms with Crippen LogP contribution in [0.5, 0.6) is 0 Å². The number of sulfone groups is 1. The molecule has 3 rings (SSSR count). The van der Waals surface area contributed by atoms with Gasteiger partial charge in [0.25, 0.3) is 0 Å². The fourth-order valence-corrected chi connectivity index (χ4v) is 4.83. The van der Waals surface area contributed by atoms with Gasteiger partial charge in [-0.1, -0.05) is 0 Å². The molecule has 202 valence electrons. The fourth-order valence-electron chi connectivity index (χ4n) is 4.20. The molecule has 0 bridgehead atoms. The van der Waals surface area contributed by atoms with Crippen molar-refractivity contribution in [1.29, 1.82) is 5.41 Å². The van der Waals surface area contributed by atoms with Crippen molar-refractivity contribution in [1.82, 2.24) is 14.9 Å². The van der Waals surface area contributed by atoms with E-state index in [-0.39, 0.29) is 34.6 Å². The molecule has 0 aliphatic carbocycles. The third-order valence-corrected chi connectivity index (χ3v) is 7.30. The van der Waals surface area contributed by atoms with E-state index < -0.39 is 15.7 Å². The Morgan fingerprint density at radius 1 is 1.27 bits per heavy atom. The number of halogens is 1. The minimum atomic E-state index is -3.55. The van der Waals surface area contributed by atoms with Gasteiger partial charge in [-0.3, -0.25) is 0 Å². The smallest absolute Gasteiger partial charge is 0.410 e. The van der Waals surface area contributed by atoms with Crippen LogP contribution in [0.3, 0.4) is 0 Å². The Hall–Kier alpha value is -3.28. The van der Waals surface area contributed by atoms with Gasteiger partial charge in [0.1, 0.15) is 23.8 Å². The van der Waals surface area contributed by atoms with Crippen LogP contribution in [0, 0.1) is 17.1 Å². The summed E-state index contributed by atoms with van der Waals surface area (Å²) in [5.74, 6) is 0.333. The summed E-state index contributed by atoms with van der Waals surface area (Å²) in [5, 5.41) is 10.9. The van der Waals surface area contributed by atoms with E-state index in [0.29, 0.717) is 36.9 Å². The third kappa shape index (κ3) is 7.15. The minimum absolute atomic E-state index is 0.0388. The van der Waals surface area contributed by atoms with Gasteiger partial charge in [0.15, 0.2) is 9.84 Å². The molecule has 2 heterocycles. The van der Waals surface area contributed by atoms with Crippen molar-refractivity contribution < 1.29 is 22.3 Å². The Bertz CT molecular complexity index is 1230. The van der Waals surface area contributed by atoms with E-state index in [2.05, 4.69) is 20.2 Å². The molecule has 0 saturated carbocycles. The summed E-state index contributed by atoms with van der Waals surface area (Å²) >= 11 is 0. The Kier molecular flexibility index (Phi) is 9.06. The number of benzene rings is 1. The van der Waals surface area contributed by atoms with E-state index in [4.69, 9.17) is 10.1 Å². The zero-order valence-electron chi connectivity index (χ0n) is 21.9. The quantitative estimate of drug-likeness (QED) is 0.457. The van der Waals surface area contributed by atoms with Gasteiger partial charge < -0.3 is 25.3 Å². The van der Waals surface area contributed by atoms with Crippen molar-refractivity contribution in [2.75, 3.05) is 36.1 Å². The second-order valence-corrected chi connectivity index (χ2v) is 11.8. The van der Waals surface area contributed by atoms with Crippen LogP contribution in [-0.4, -0.2) is 73.6 Å². The zero-order valence-corrected chi connectivity index (χ0v) is 22.7. The van der Waals surface area contributed by atoms with Crippen LogP contribution in [0.4, 0.5) is 26.5 Å². The molecule has 2 aromatic rings. The maximum absolute atomic E-state index is 14.7. The predicted octanol–water partition coefficient (Wildman–Crippen LogP) is 4.23. The topological polar surface area (TPSA) is 129 Å². The second-order valence-electron chi connectivity index (χ2n) is 9.75. The number of carbonyl (C=O) groups is 1. The van der Waals surface area contributed by atoms with Crippen LogP contribution < -0.4 is 10.2 Å². The molecular formula is C25H35FN6O4S. The summed E-state index contributed by atoms with van der Waals surface area (Å²) in [4.78, 5) is 24.6. The summed E-state index contributed by atoms with van der Waals surface area (Å²) in [5.41, 5.74) is 0.428. The molecule has 1 saturated heterocycles. The number of piperidine rings is 1. The molecule has 0 spiro atoms. The lowest BCUT2D eigenvalue weighted by Gasteiger charge is -2.37.